The van der Waals surface area contributed by atoms with E-state index in [0.717, 1.165) is 31.5 Å². The molecule has 0 bridgehead atoms. The second-order valence-electron chi connectivity index (χ2n) is 6.80. The molecule has 1 unspecified atom stereocenters. The van der Waals surface area contributed by atoms with Crippen molar-refractivity contribution >= 4 is 17.6 Å². The summed E-state index contributed by atoms with van der Waals surface area (Å²) >= 11 is 6.17. The van der Waals surface area contributed by atoms with E-state index in [2.05, 4.69) is 22.4 Å². The van der Waals surface area contributed by atoms with E-state index in [4.69, 9.17) is 21.6 Å². The van der Waals surface area contributed by atoms with Crippen LogP contribution in [0.2, 0.25) is 5.02 Å². The molecule has 1 N–H and O–H groups in total. The summed E-state index contributed by atoms with van der Waals surface area (Å²) in [6, 6.07) is 10.1. The average Bonchev–Trinajstić information content (AvgIpc) is 2.69. The summed E-state index contributed by atoms with van der Waals surface area (Å²) in [6.07, 6.45) is 1.51. The van der Waals surface area contributed by atoms with Gasteiger partial charge in [-0.1, -0.05) is 23.7 Å². The maximum Gasteiger partial charge on any atom is 0.317 e. The Morgan fingerprint density at radius 1 is 1.31 bits per heavy atom. The molecule has 140 valence electrons. The third kappa shape index (κ3) is 4.88. The molecule has 2 amide bonds. The first-order chi connectivity index (χ1) is 12.7. The molecule has 7 heteroatoms. The van der Waals surface area contributed by atoms with Gasteiger partial charge in [0.15, 0.2) is 0 Å². The number of urea groups is 1. The number of nitriles is 1. The van der Waals surface area contributed by atoms with E-state index in [1.54, 1.807) is 0 Å². The molecule has 2 aliphatic heterocycles. The quantitative estimate of drug-likeness (QED) is 0.877. The van der Waals surface area contributed by atoms with Crippen LogP contribution in [0.15, 0.2) is 24.3 Å². The number of piperidine rings is 1. The fraction of sp³-hybridized carbons (Fsp3) is 0.579. The van der Waals surface area contributed by atoms with Gasteiger partial charge in [-0.25, -0.2) is 4.79 Å². The lowest BCUT2D eigenvalue weighted by molar-refractivity contribution is 0.0164. The Hall–Kier alpha value is -1.81. The van der Waals surface area contributed by atoms with Crippen molar-refractivity contribution in [2.24, 2.45) is 5.92 Å². The number of benzene rings is 1. The first-order valence-corrected chi connectivity index (χ1v) is 9.55. The molecule has 2 aliphatic rings. The highest BCUT2D eigenvalue weighted by atomic mass is 35.5. The van der Waals surface area contributed by atoms with Gasteiger partial charge in [0.2, 0.25) is 0 Å². The standard InChI is InChI=1S/C19H25ClN4O2/c20-17-3-1-2-16(12-17)18(23-8-10-26-11-9-23)14-22-19(25)24-6-4-15(13-21)5-7-24/h1-3,12,15,18H,4-11,14H2,(H,22,25). The lowest BCUT2D eigenvalue weighted by atomic mass is 9.99. The van der Waals surface area contributed by atoms with Gasteiger partial charge in [-0.05, 0) is 30.5 Å². The van der Waals surface area contributed by atoms with E-state index in [0.29, 0.717) is 37.9 Å². The predicted molar refractivity (Wildman–Crippen MR) is 99.9 cm³/mol. The number of nitrogens with zero attached hydrogens (tertiary/aromatic N) is 3. The zero-order valence-electron chi connectivity index (χ0n) is 14.9. The number of hydrogen-bond donors (Lipinski definition) is 1. The maximum atomic E-state index is 12.5. The number of amides is 2. The van der Waals surface area contributed by atoms with Crippen LogP contribution < -0.4 is 5.32 Å². The molecule has 2 fully saturated rings. The van der Waals surface area contributed by atoms with E-state index in [1.165, 1.54) is 0 Å². The largest absolute Gasteiger partial charge is 0.379 e. The Bertz CT molecular complexity index is 649. The van der Waals surface area contributed by atoms with Gasteiger partial charge >= 0.3 is 6.03 Å². The summed E-state index contributed by atoms with van der Waals surface area (Å²) in [4.78, 5) is 16.7. The van der Waals surface area contributed by atoms with Crippen molar-refractivity contribution < 1.29 is 9.53 Å². The molecule has 0 aromatic heterocycles. The molecule has 1 aromatic carbocycles. The number of nitrogens with one attached hydrogen (secondary N) is 1. The summed E-state index contributed by atoms with van der Waals surface area (Å²) in [5.74, 6) is 0.0756. The Balaban J connectivity index is 1.62. The van der Waals surface area contributed by atoms with Crippen LogP contribution in [0.5, 0.6) is 0 Å². The SMILES string of the molecule is N#CC1CCN(C(=O)NCC(c2cccc(Cl)c2)N2CCOCC2)CC1. The van der Waals surface area contributed by atoms with Gasteiger partial charge < -0.3 is 15.0 Å². The Morgan fingerprint density at radius 2 is 2.04 bits per heavy atom. The van der Waals surface area contributed by atoms with Crippen LogP contribution >= 0.6 is 11.6 Å². The van der Waals surface area contributed by atoms with Gasteiger partial charge in [0.05, 0.1) is 25.3 Å². The molecule has 0 aliphatic carbocycles. The van der Waals surface area contributed by atoms with Gasteiger partial charge in [-0.3, -0.25) is 4.90 Å². The normalized spacial score (nSPS) is 20.4. The smallest absolute Gasteiger partial charge is 0.317 e. The molecule has 6 nitrogen and oxygen atoms in total. The Morgan fingerprint density at radius 3 is 2.69 bits per heavy atom. The number of carbonyl (C=O) groups excluding carboxylic acids is 1. The van der Waals surface area contributed by atoms with Crippen LogP contribution in [-0.4, -0.2) is 61.8 Å². The lowest BCUT2D eigenvalue weighted by Crippen LogP contribution is -2.48. The van der Waals surface area contributed by atoms with Crippen molar-refractivity contribution in [3.05, 3.63) is 34.9 Å². The lowest BCUT2D eigenvalue weighted by Gasteiger charge is -2.36. The molecule has 1 atom stereocenters. The molecule has 2 saturated heterocycles. The number of hydrogen-bond acceptors (Lipinski definition) is 4. The van der Waals surface area contributed by atoms with E-state index >= 15 is 0 Å². The van der Waals surface area contributed by atoms with Crippen LogP contribution in [0, 0.1) is 17.2 Å². The Kier molecular flexibility index (Phi) is 6.73. The zero-order chi connectivity index (χ0) is 18.4. The summed E-state index contributed by atoms with van der Waals surface area (Å²) in [7, 11) is 0. The number of halogens is 1. The summed E-state index contributed by atoms with van der Waals surface area (Å²) in [5, 5.41) is 12.8. The average molecular weight is 377 g/mol. The highest BCUT2D eigenvalue weighted by Crippen LogP contribution is 2.24. The van der Waals surface area contributed by atoms with Crippen molar-refractivity contribution in [3.63, 3.8) is 0 Å². The van der Waals surface area contributed by atoms with Gasteiger partial charge in [-0.2, -0.15) is 5.26 Å². The van der Waals surface area contributed by atoms with Crippen LogP contribution in [-0.2, 0) is 4.74 Å². The minimum Gasteiger partial charge on any atom is -0.379 e. The topological polar surface area (TPSA) is 68.6 Å². The molecule has 1 aromatic rings. The van der Waals surface area contributed by atoms with Crippen molar-refractivity contribution in [1.82, 2.24) is 15.1 Å². The van der Waals surface area contributed by atoms with E-state index in [9.17, 15) is 4.79 Å². The first kappa shape index (κ1) is 19.0. The highest BCUT2D eigenvalue weighted by Gasteiger charge is 2.26. The van der Waals surface area contributed by atoms with Gasteiger partial charge in [-0.15, -0.1) is 0 Å². The van der Waals surface area contributed by atoms with Crippen molar-refractivity contribution in [2.45, 2.75) is 18.9 Å². The van der Waals surface area contributed by atoms with Gasteiger partial charge in [0.1, 0.15) is 0 Å². The number of likely N-dealkylation sites (tertiary alicyclic amines) is 1. The summed E-state index contributed by atoms with van der Waals surface area (Å²) < 4.78 is 5.46. The zero-order valence-corrected chi connectivity index (χ0v) is 15.6. The van der Waals surface area contributed by atoms with E-state index in [-0.39, 0.29) is 18.0 Å². The third-order valence-corrected chi connectivity index (χ3v) is 5.37. The van der Waals surface area contributed by atoms with Crippen molar-refractivity contribution in [3.8, 4) is 6.07 Å². The molecule has 0 spiro atoms. The molecule has 3 rings (SSSR count). The maximum absolute atomic E-state index is 12.5. The minimum absolute atomic E-state index is 0.0540. The van der Waals surface area contributed by atoms with Crippen LogP contribution in [0.3, 0.4) is 0 Å². The summed E-state index contributed by atoms with van der Waals surface area (Å²) in [6.45, 7) is 4.88. The second kappa shape index (κ2) is 9.22. The van der Waals surface area contributed by atoms with E-state index < -0.39 is 0 Å². The van der Waals surface area contributed by atoms with E-state index in [1.807, 2.05) is 23.1 Å². The minimum atomic E-state index is -0.0540. The van der Waals surface area contributed by atoms with Crippen LogP contribution in [0.1, 0.15) is 24.4 Å². The van der Waals surface area contributed by atoms with Gasteiger partial charge in [0.25, 0.3) is 0 Å². The highest BCUT2D eigenvalue weighted by molar-refractivity contribution is 6.30. The second-order valence-corrected chi connectivity index (χ2v) is 7.23. The predicted octanol–water partition coefficient (Wildman–Crippen LogP) is 2.66. The van der Waals surface area contributed by atoms with Crippen molar-refractivity contribution in [1.29, 1.82) is 5.26 Å². The number of rotatable bonds is 4. The number of morpholine rings is 1. The first-order valence-electron chi connectivity index (χ1n) is 9.17. The molecule has 2 heterocycles. The fourth-order valence-corrected chi connectivity index (χ4v) is 3.77. The van der Waals surface area contributed by atoms with Crippen LogP contribution in [0.4, 0.5) is 4.79 Å². The molecule has 26 heavy (non-hydrogen) atoms. The van der Waals surface area contributed by atoms with Crippen molar-refractivity contribution in [2.75, 3.05) is 45.9 Å². The van der Waals surface area contributed by atoms with Crippen LogP contribution in [0.25, 0.3) is 0 Å². The molecule has 0 radical (unpaired) electrons. The third-order valence-electron chi connectivity index (χ3n) is 5.13. The Labute approximate surface area is 159 Å². The summed E-state index contributed by atoms with van der Waals surface area (Å²) in [5.41, 5.74) is 1.10. The number of ether oxygens (including phenoxy) is 1. The monoisotopic (exact) mass is 376 g/mol. The van der Waals surface area contributed by atoms with Gasteiger partial charge in [0, 0.05) is 43.7 Å². The molecular formula is C19H25ClN4O2. The fourth-order valence-electron chi connectivity index (χ4n) is 3.57. The molecule has 0 saturated carbocycles. The number of carbonyl (C=O) groups is 1. The molecular weight excluding hydrogens is 352 g/mol.